The van der Waals surface area contributed by atoms with Crippen LogP contribution in [0.15, 0.2) is 0 Å². The molecule has 0 aromatic carbocycles. The van der Waals surface area contributed by atoms with Gasteiger partial charge in [-0.2, -0.15) is 0 Å². The third kappa shape index (κ3) is 2.41. The Hall–Kier alpha value is -0.800. The molecule has 4 heteroatoms. The molecule has 0 radical (unpaired) electrons. The van der Waals surface area contributed by atoms with Crippen LogP contribution < -0.4 is 5.32 Å². The van der Waals surface area contributed by atoms with Gasteiger partial charge in [0.1, 0.15) is 12.3 Å². The van der Waals surface area contributed by atoms with Gasteiger partial charge in [-0.15, -0.1) is 0 Å². The molecular weight excluding hydrogens is 197 g/mol. The Morgan fingerprint density at radius 3 is 2.60 bits per heavy atom. The Kier molecular flexibility index (Phi) is 2.61. The first-order chi connectivity index (χ1) is 7.00. The van der Waals surface area contributed by atoms with Crippen molar-refractivity contribution in [3.8, 4) is 0 Å². The topological polar surface area (TPSA) is 38.3 Å². The summed E-state index contributed by atoms with van der Waals surface area (Å²) in [6.45, 7) is 3.83. The molecule has 0 aromatic rings. The van der Waals surface area contributed by atoms with Crippen molar-refractivity contribution in [1.82, 2.24) is 5.32 Å². The zero-order valence-corrected chi connectivity index (χ0v) is 9.25. The lowest BCUT2D eigenvalue weighted by molar-refractivity contribution is 0.0499. The van der Waals surface area contributed by atoms with Gasteiger partial charge in [-0.1, -0.05) is 6.92 Å². The van der Waals surface area contributed by atoms with Crippen LogP contribution in [0.2, 0.25) is 0 Å². The fourth-order valence-corrected chi connectivity index (χ4v) is 1.96. The lowest BCUT2D eigenvalue weighted by atomic mass is 10.1. The molecule has 2 saturated carbocycles. The van der Waals surface area contributed by atoms with Crippen molar-refractivity contribution in [2.75, 3.05) is 0 Å². The standard InChI is InChI=1S/C11H18FNO2/c1-7-3-4-8(9(7)12)15-10(14)13-11(2)5-6-11/h7-9H,3-6H2,1-2H3,(H,13,14)/t7-,8+,9+/m0/s1. The van der Waals surface area contributed by atoms with Gasteiger partial charge in [0, 0.05) is 5.54 Å². The van der Waals surface area contributed by atoms with Crippen molar-refractivity contribution in [2.45, 2.75) is 57.3 Å². The second-order valence-corrected chi connectivity index (χ2v) is 5.13. The number of ether oxygens (including phenoxy) is 1. The Balaban J connectivity index is 1.79. The number of hydrogen-bond acceptors (Lipinski definition) is 2. The molecule has 15 heavy (non-hydrogen) atoms. The van der Waals surface area contributed by atoms with Gasteiger partial charge in [0.05, 0.1) is 0 Å². The average molecular weight is 215 g/mol. The lowest BCUT2D eigenvalue weighted by Gasteiger charge is -2.18. The van der Waals surface area contributed by atoms with Crippen molar-refractivity contribution >= 4 is 6.09 Å². The van der Waals surface area contributed by atoms with Crippen molar-refractivity contribution in [3.05, 3.63) is 0 Å². The minimum absolute atomic E-state index is 0.0133. The summed E-state index contributed by atoms with van der Waals surface area (Å²) in [6.07, 6.45) is 1.43. The van der Waals surface area contributed by atoms with Crippen LogP contribution in [0.25, 0.3) is 0 Å². The summed E-state index contributed by atoms with van der Waals surface area (Å²) in [7, 11) is 0. The summed E-state index contributed by atoms with van der Waals surface area (Å²) in [6, 6.07) is 0. The molecule has 0 aliphatic heterocycles. The van der Waals surface area contributed by atoms with E-state index in [1.165, 1.54) is 0 Å². The lowest BCUT2D eigenvalue weighted by Crippen LogP contribution is -2.38. The van der Waals surface area contributed by atoms with Gasteiger partial charge in [0.2, 0.25) is 0 Å². The Morgan fingerprint density at radius 1 is 1.47 bits per heavy atom. The van der Waals surface area contributed by atoms with E-state index in [-0.39, 0.29) is 11.5 Å². The minimum Gasteiger partial charge on any atom is -0.443 e. The highest BCUT2D eigenvalue weighted by atomic mass is 19.1. The van der Waals surface area contributed by atoms with Crippen molar-refractivity contribution in [2.24, 2.45) is 5.92 Å². The number of amides is 1. The summed E-state index contributed by atoms with van der Waals surface area (Å²) in [4.78, 5) is 11.4. The third-order valence-corrected chi connectivity index (χ3v) is 3.47. The van der Waals surface area contributed by atoms with Crippen LogP contribution in [0, 0.1) is 5.92 Å². The molecule has 2 aliphatic carbocycles. The molecule has 2 aliphatic rings. The number of hydrogen-bond donors (Lipinski definition) is 1. The fourth-order valence-electron chi connectivity index (χ4n) is 1.96. The van der Waals surface area contributed by atoms with Crippen LogP contribution in [0.1, 0.15) is 39.5 Å². The van der Waals surface area contributed by atoms with E-state index in [2.05, 4.69) is 5.32 Å². The van der Waals surface area contributed by atoms with Gasteiger partial charge < -0.3 is 10.1 Å². The highest BCUT2D eigenvalue weighted by Crippen LogP contribution is 2.35. The van der Waals surface area contributed by atoms with E-state index in [9.17, 15) is 9.18 Å². The maximum atomic E-state index is 13.5. The third-order valence-electron chi connectivity index (χ3n) is 3.47. The monoisotopic (exact) mass is 215 g/mol. The second kappa shape index (κ2) is 3.65. The first kappa shape index (κ1) is 10.7. The zero-order chi connectivity index (χ0) is 11.1. The Morgan fingerprint density at radius 2 is 2.13 bits per heavy atom. The molecule has 0 unspecified atom stereocenters. The number of alkyl carbamates (subject to hydrolysis) is 1. The van der Waals surface area contributed by atoms with Crippen LogP contribution in [0.5, 0.6) is 0 Å². The van der Waals surface area contributed by atoms with E-state index in [0.29, 0.717) is 6.42 Å². The van der Waals surface area contributed by atoms with E-state index in [0.717, 1.165) is 19.3 Å². The number of carbonyl (C=O) groups is 1. The number of halogens is 1. The molecule has 2 fully saturated rings. The van der Waals surface area contributed by atoms with E-state index in [4.69, 9.17) is 4.74 Å². The highest BCUT2D eigenvalue weighted by Gasteiger charge is 2.41. The summed E-state index contributed by atoms with van der Waals surface area (Å²) < 4.78 is 18.6. The molecule has 0 spiro atoms. The molecule has 1 N–H and O–H groups in total. The van der Waals surface area contributed by atoms with Gasteiger partial charge in [0.25, 0.3) is 0 Å². The van der Waals surface area contributed by atoms with Crippen LogP contribution >= 0.6 is 0 Å². The molecule has 0 aromatic heterocycles. The molecule has 1 amide bonds. The molecule has 86 valence electrons. The first-order valence-electron chi connectivity index (χ1n) is 5.63. The number of alkyl halides is 1. The minimum atomic E-state index is -0.997. The van der Waals surface area contributed by atoms with Gasteiger partial charge in [-0.3, -0.25) is 0 Å². The molecule has 0 heterocycles. The highest BCUT2D eigenvalue weighted by molar-refractivity contribution is 5.69. The van der Waals surface area contributed by atoms with Gasteiger partial charge in [-0.05, 0) is 38.5 Å². The Bertz CT molecular complexity index is 265. The summed E-state index contributed by atoms with van der Waals surface area (Å²) in [5, 5.41) is 2.76. The maximum Gasteiger partial charge on any atom is 0.407 e. The summed E-state index contributed by atoms with van der Waals surface area (Å²) in [5.74, 6) is 0.0133. The van der Waals surface area contributed by atoms with E-state index in [1.807, 2.05) is 13.8 Å². The summed E-state index contributed by atoms with van der Waals surface area (Å²) in [5.41, 5.74) is -0.0902. The van der Waals surface area contributed by atoms with Crippen LogP contribution in [0.4, 0.5) is 9.18 Å². The Labute approximate surface area is 89.4 Å². The van der Waals surface area contributed by atoms with E-state index < -0.39 is 18.4 Å². The predicted molar refractivity (Wildman–Crippen MR) is 54.3 cm³/mol. The van der Waals surface area contributed by atoms with Crippen LogP contribution in [-0.4, -0.2) is 23.9 Å². The van der Waals surface area contributed by atoms with Crippen LogP contribution in [0.3, 0.4) is 0 Å². The number of carbonyl (C=O) groups excluding carboxylic acids is 1. The van der Waals surface area contributed by atoms with E-state index in [1.54, 1.807) is 0 Å². The normalized spacial score (nSPS) is 37.4. The SMILES string of the molecule is C[C@H]1CC[C@@H](OC(=O)NC2(C)CC2)[C@@H]1F. The van der Waals surface area contributed by atoms with Crippen molar-refractivity contribution in [1.29, 1.82) is 0 Å². The predicted octanol–water partition coefficient (Wildman–Crippen LogP) is 2.40. The first-order valence-corrected chi connectivity index (χ1v) is 5.63. The maximum absolute atomic E-state index is 13.5. The zero-order valence-electron chi connectivity index (χ0n) is 9.25. The van der Waals surface area contributed by atoms with Gasteiger partial charge in [-0.25, -0.2) is 9.18 Å². The quantitative estimate of drug-likeness (QED) is 0.768. The van der Waals surface area contributed by atoms with Gasteiger partial charge in [0.15, 0.2) is 0 Å². The number of nitrogens with one attached hydrogen (secondary N) is 1. The molecule has 3 nitrogen and oxygen atoms in total. The van der Waals surface area contributed by atoms with Crippen molar-refractivity contribution in [3.63, 3.8) is 0 Å². The molecule has 2 rings (SSSR count). The molecular formula is C11H18FNO2. The fraction of sp³-hybridized carbons (Fsp3) is 0.909. The largest absolute Gasteiger partial charge is 0.443 e. The van der Waals surface area contributed by atoms with Crippen LogP contribution in [-0.2, 0) is 4.74 Å². The average Bonchev–Trinajstić information content (AvgIpc) is 2.80. The second-order valence-electron chi connectivity index (χ2n) is 5.13. The summed E-state index contributed by atoms with van der Waals surface area (Å²) >= 11 is 0. The molecule has 0 saturated heterocycles. The molecule has 3 atom stereocenters. The van der Waals surface area contributed by atoms with Gasteiger partial charge >= 0.3 is 6.09 Å². The molecule has 0 bridgehead atoms. The smallest absolute Gasteiger partial charge is 0.407 e. The van der Waals surface area contributed by atoms with Crippen molar-refractivity contribution < 1.29 is 13.9 Å². The van der Waals surface area contributed by atoms with E-state index >= 15 is 0 Å². The number of rotatable bonds is 2.